The van der Waals surface area contributed by atoms with E-state index in [9.17, 15) is 13.2 Å². The summed E-state index contributed by atoms with van der Waals surface area (Å²) < 4.78 is 36.0. The monoisotopic (exact) mass is 236 g/mol. The van der Waals surface area contributed by atoms with Crippen molar-refractivity contribution in [2.24, 2.45) is 0 Å². The van der Waals surface area contributed by atoms with Crippen LogP contribution in [0.4, 0.5) is 13.2 Å². The van der Waals surface area contributed by atoms with Gasteiger partial charge < -0.3 is 0 Å². The first-order chi connectivity index (χ1) is 7.41. The Hall–Kier alpha value is -1.13. The standard InChI is InChI=1S/C7H7F3N2.2C2H6/c1-4-5(2)12-6(3-11-4)7(8,9)10;2*1-2/h3H,1-2H3;2*1-2H3. The lowest BCUT2D eigenvalue weighted by atomic mass is 10.3. The van der Waals surface area contributed by atoms with Crippen molar-refractivity contribution in [2.75, 3.05) is 0 Å². The number of hydrogen-bond acceptors (Lipinski definition) is 2. The Morgan fingerprint density at radius 2 is 1.38 bits per heavy atom. The molecule has 0 aliphatic rings. The molecule has 0 atom stereocenters. The third-order valence-corrected chi connectivity index (χ3v) is 1.48. The molecule has 0 radical (unpaired) electrons. The highest BCUT2D eigenvalue weighted by Gasteiger charge is 2.33. The van der Waals surface area contributed by atoms with Crippen molar-refractivity contribution >= 4 is 0 Å². The van der Waals surface area contributed by atoms with Gasteiger partial charge in [0.15, 0.2) is 5.69 Å². The van der Waals surface area contributed by atoms with Crippen LogP contribution in [0.15, 0.2) is 6.20 Å². The molecule has 0 unspecified atom stereocenters. The second-order valence-electron chi connectivity index (χ2n) is 2.42. The highest BCUT2D eigenvalue weighted by Crippen LogP contribution is 2.26. The normalized spacial score (nSPS) is 9.56. The predicted molar refractivity (Wildman–Crippen MR) is 59.2 cm³/mol. The highest BCUT2D eigenvalue weighted by atomic mass is 19.4. The first-order valence-corrected chi connectivity index (χ1v) is 5.28. The fourth-order valence-electron chi connectivity index (χ4n) is 0.678. The number of halogens is 3. The summed E-state index contributed by atoms with van der Waals surface area (Å²) in [5.41, 5.74) is -0.113. The zero-order valence-electron chi connectivity index (χ0n) is 10.6. The third kappa shape index (κ3) is 5.68. The van der Waals surface area contributed by atoms with Crippen LogP contribution in [0.1, 0.15) is 44.8 Å². The van der Waals surface area contributed by atoms with E-state index in [1.165, 1.54) is 6.92 Å². The Morgan fingerprint density at radius 3 is 1.69 bits per heavy atom. The van der Waals surface area contributed by atoms with E-state index >= 15 is 0 Å². The van der Waals surface area contributed by atoms with Gasteiger partial charge in [-0.2, -0.15) is 13.2 Å². The summed E-state index contributed by atoms with van der Waals surface area (Å²) in [7, 11) is 0. The van der Waals surface area contributed by atoms with E-state index in [2.05, 4.69) is 9.97 Å². The molecule has 0 saturated heterocycles. The van der Waals surface area contributed by atoms with Gasteiger partial charge in [-0.25, -0.2) is 4.98 Å². The lowest BCUT2D eigenvalue weighted by molar-refractivity contribution is -0.141. The second kappa shape index (κ2) is 8.07. The average Bonchev–Trinajstić information content (AvgIpc) is 2.26. The topological polar surface area (TPSA) is 25.8 Å². The molecule has 1 heterocycles. The molecule has 0 bridgehead atoms. The Morgan fingerprint density at radius 1 is 0.938 bits per heavy atom. The van der Waals surface area contributed by atoms with Gasteiger partial charge in [-0.05, 0) is 13.8 Å². The molecule has 1 rings (SSSR count). The lowest BCUT2D eigenvalue weighted by Gasteiger charge is -2.06. The van der Waals surface area contributed by atoms with Gasteiger partial charge in [0.05, 0.1) is 17.6 Å². The van der Waals surface area contributed by atoms with Gasteiger partial charge in [-0.1, -0.05) is 27.7 Å². The molecule has 1 aromatic rings. The minimum absolute atomic E-state index is 0.310. The molecule has 0 amide bonds. The maximum atomic E-state index is 12.0. The molecule has 2 nitrogen and oxygen atoms in total. The number of rotatable bonds is 0. The first kappa shape index (κ1) is 17.3. The Balaban J connectivity index is 0. The molecule has 0 spiro atoms. The van der Waals surface area contributed by atoms with Gasteiger partial charge >= 0.3 is 6.18 Å². The molecule has 0 aliphatic carbocycles. The van der Waals surface area contributed by atoms with E-state index in [0.29, 0.717) is 11.4 Å². The number of nitrogens with zero attached hydrogens (tertiary/aromatic N) is 2. The molecule has 1 aromatic heterocycles. The van der Waals surface area contributed by atoms with E-state index in [0.717, 1.165) is 6.20 Å². The average molecular weight is 236 g/mol. The molecule has 5 heteroatoms. The van der Waals surface area contributed by atoms with Crippen LogP contribution in [0, 0.1) is 13.8 Å². The highest BCUT2D eigenvalue weighted by molar-refractivity contribution is 5.12. The quantitative estimate of drug-likeness (QED) is 0.675. The van der Waals surface area contributed by atoms with E-state index in [1.807, 2.05) is 27.7 Å². The SMILES string of the molecule is CC.CC.Cc1ncc(C(F)(F)F)nc1C. The molecule has 0 aromatic carbocycles. The summed E-state index contributed by atoms with van der Waals surface area (Å²) in [5, 5.41) is 0. The van der Waals surface area contributed by atoms with Crippen molar-refractivity contribution in [1.29, 1.82) is 0 Å². The molecule has 0 saturated carbocycles. The summed E-state index contributed by atoms with van der Waals surface area (Å²) in [6.45, 7) is 11.1. The predicted octanol–water partition coefficient (Wildman–Crippen LogP) is 4.16. The second-order valence-corrected chi connectivity index (χ2v) is 2.42. The van der Waals surface area contributed by atoms with Crippen molar-refractivity contribution in [3.8, 4) is 0 Å². The van der Waals surface area contributed by atoms with Crippen molar-refractivity contribution < 1.29 is 13.2 Å². The van der Waals surface area contributed by atoms with E-state index in [-0.39, 0.29) is 0 Å². The zero-order chi connectivity index (χ0) is 13.4. The Kier molecular flexibility index (Phi) is 8.71. The number of aryl methyl sites for hydroxylation is 2. The van der Waals surface area contributed by atoms with Crippen LogP contribution >= 0.6 is 0 Å². The van der Waals surface area contributed by atoms with Gasteiger partial charge in [0.1, 0.15) is 0 Å². The summed E-state index contributed by atoms with van der Waals surface area (Å²) in [6.07, 6.45) is -3.66. The zero-order valence-corrected chi connectivity index (χ0v) is 10.6. The molecular weight excluding hydrogens is 217 g/mol. The van der Waals surface area contributed by atoms with Crippen LogP contribution in [0.25, 0.3) is 0 Å². The Labute approximate surface area is 94.9 Å². The fourth-order valence-corrected chi connectivity index (χ4v) is 0.678. The van der Waals surface area contributed by atoms with Crippen LogP contribution in [0.5, 0.6) is 0 Å². The van der Waals surface area contributed by atoms with Crippen molar-refractivity contribution in [3.63, 3.8) is 0 Å². The molecule has 16 heavy (non-hydrogen) atoms. The van der Waals surface area contributed by atoms with Crippen molar-refractivity contribution in [3.05, 3.63) is 23.3 Å². The number of aromatic nitrogens is 2. The molecular formula is C11H19F3N2. The molecule has 0 fully saturated rings. The van der Waals surface area contributed by atoms with Gasteiger partial charge in [0, 0.05) is 0 Å². The van der Waals surface area contributed by atoms with Gasteiger partial charge in [0.25, 0.3) is 0 Å². The smallest absolute Gasteiger partial charge is 0.257 e. The van der Waals surface area contributed by atoms with E-state index < -0.39 is 11.9 Å². The van der Waals surface area contributed by atoms with Gasteiger partial charge in [-0.15, -0.1) is 0 Å². The summed E-state index contributed by atoms with van der Waals surface area (Å²) in [6, 6.07) is 0. The Bertz CT molecular complexity index is 296. The number of hydrogen-bond donors (Lipinski definition) is 0. The van der Waals surface area contributed by atoms with Gasteiger partial charge in [0.2, 0.25) is 0 Å². The fraction of sp³-hybridized carbons (Fsp3) is 0.636. The minimum atomic E-state index is -4.40. The summed E-state index contributed by atoms with van der Waals surface area (Å²) >= 11 is 0. The van der Waals surface area contributed by atoms with Crippen molar-refractivity contribution in [2.45, 2.75) is 47.7 Å². The van der Waals surface area contributed by atoms with Crippen LogP contribution in [-0.2, 0) is 6.18 Å². The molecule has 0 aliphatic heterocycles. The first-order valence-electron chi connectivity index (χ1n) is 5.28. The summed E-state index contributed by atoms with van der Waals surface area (Å²) in [4.78, 5) is 6.92. The maximum absolute atomic E-state index is 12.0. The van der Waals surface area contributed by atoms with Crippen molar-refractivity contribution in [1.82, 2.24) is 9.97 Å². The largest absolute Gasteiger partial charge is 0.434 e. The van der Waals surface area contributed by atoms with Crippen LogP contribution in [0.2, 0.25) is 0 Å². The molecule has 0 N–H and O–H groups in total. The van der Waals surface area contributed by atoms with Crippen LogP contribution in [0.3, 0.4) is 0 Å². The summed E-state index contributed by atoms with van der Waals surface area (Å²) in [5.74, 6) is 0. The lowest BCUT2D eigenvalue weighted by Crippen LogP contribution is -2.10. The number of alkyl halides is 3. The van der Waals surface area contributed by atoms with Crippen LogP contribution in [-0.4, -0.2) is 9.97 Å². The third-order valence-electron chi connectivity index (χ3n) is 1.48. The van der Waals surface area contributed by atoms with Crippen LogP contribution < -0.4 is 0 Å². The van der Waals surface area contributed by atoms with E-state index in [4.69, 9.17) is 0 Å². The molecule has 94 valence electrons. The maximum Gasteiger partial charge on any atom is 0.434 e. The van der Waals surface area contributed by atoms with Gasteiger partial charge in [-0.3, -0.25) is 4.98 Å². The van der Waals surface area contributed by atoms with E-state index in [1.54, 1.807) is 6.92 Å². The minimum Gasteiger partial charge on any atom is -0.257 e.